The summed E-state index contributed by atoms with van der Waals surface area (Å²) in [6.45, 7) is 8.05. The van der Waals surface area contributed by atoms with Gasteiger partial charge in [0.25, 0.3) is 0 Å². The second-order valence-corrected chi connectivity index (χ2v) is 6.12. The Morgan fingerprint density at radius 3 is 2.35 bits per heavy atom. The number of nitrogens with one attached hydrogen (secondary N) is 1. The summed E-state index contributed by atoms with van der Waals surface area (Å²) < 4.78 is 0. The Bertz CT molecular complexity index is 534. The number of benzene rings is 1. The SMILES string of the molecule is CCC(=O)N(Cc1ccccc1Cl)[C@H](CC)C(=O)N[C@H](C)CC. The van der Waals surface area contributed by atoms with E-state index in [2.05, 4.69) is 5.32 Å². The van der Waals surface area contributed by atoms with Crippen LogP contribution in [0.5, 0.6) is 0 Å². The van der Waals surface area contributed by atoms with E-state index in [1.54, 1.807) is 17.9 Å². The van der Waals surface area contributed by atoms with E-state index in [1.165, 1.54) is 0 Å². The zero-order chi connectivity index (χ0) is 17.4. The first kappa shape index (κ1) is 19.5. The lowest BCUT2D eigenvalue weighted by atomic mass is 10.1. The quantitative estimate of drug-likeness (QED) is 0.784. The molecule has 2 atom stereocenters. The Balaban J connectivity index is 3.01. The third-order valence-corrected chi connectivity index (χ3v) is 4.36. The second-order valence-electron chi connectivity index (χ2n) is 5.71. The molecule has 0 saturated carbocycles. The maximum absolute atomic E-state index is 12.5. The summed E-state index contributed by atoms with van der Waals surface area (Å²) in [5.41, 5.74) is 0.853. The molecule has 0 aliphatic rings. The lowest BCUT2D eigenvalue weighted by Crippen LogP contribution is -2.50. The molecule has 0 saturated heterocycles. The van der Waals surface area contributed by atoms with Crippen LogP contribution in [-0.2, 0) is 16.1 Å². The van der Waals surface area contributed by atoms with Gasteiger partial charge in [-0.05, 0) is 31.4 Å². The molecule has 5 heteroatoms. The molecule has 128 valence electrons. The first-order valence-corrected chi connectivity index (χ1v) is 8.65. The Morgan fingerprint density at radius 1 is 1.17 bits per heavy atom. The fourth-order valence-corrected chi connectivity index (χ4v) is 2.57. The molecule has 0 aliphatic carbocycles. The van der Waals surface area contributed by atoms with Gasteiger partial charge in [0.1, 0.15) is 6.04 Å². The van der Waals surface area contributed by atoms with Crippen molar-refractivity contribution in [3.63, 3.8) is 0 Å². The smallest absolute Gasteiger partial charge is 0.243 e. The van der Waals surface area contributed by atoms with Gasteiger partial charge in [-0.25, -0.2) is 0 Å². The van der Waals surface area contributed by atoms with Crippen LogP contribution in [-0.4, -0.2) is 28.8 Å². The third-order valence-electron chi connectivity index (χ3n) is 3.99. The minimum absolute atomic E-state index is 0.0453. The summed E-state index contributed by atoms with van der Waals surface area (Å²) in [5, 5.41) is 3.58. The maximum atomic E-state index is 12.5. The van der Waals surface area contributed by atoms with Crippen LogP contribution in [0.25, 0.3) is 0 Å². The highest BCUT2D eigenvalue weighted by Gasteiger charge is 2.28. The molecule has 2 amide bonds. The van der Waals surface area contributed by atoms with Crippen LogP contribution in [0.4, 0.5) is 0 Å². The van der Waals surface area contributed by atoms with Crippen molar-refractivity contribution in [3.05, 3.63) is 34.9 Å². The molecule has 1 aromatic rings. The Kier molecular flexibility index (Phi) is 8.10. The Labute approximate surface area is 144 Å². The van der Waals surface area contributed by atoms with E-state index in [0.717, 1.165) is 12.0 Å². The van der Waals surface area contributed by atoms with E-state index >= 15 is 0 Å². The van der Waals surface area contributed by atoms with Gasteiger partial charge in [0, 0.05) is 24.0 Å². The number of nitrogens with zero attached hydrogens (tertiary/aromatic N) is 1. The number of hydrogen-bond acceptors (Lipinski definition) is 2. The maximum Gasteiger partial charge on any atom is 0.243 e. The van der Waals surface area contributed by atoms with Crippen molar-refractivity contribution in [1.82, 2.24) is 10.2 Å². The van der Waals surface area contributed by atoms with Gasteiger partial charge in [-0.2, -0.15) is 0 Å². The number of rotatable bonds is 8. The summed E-state index contributed by atoms with van der Waals surface area (Å²) in [6, 6.07) is 7.03. The van der Waals surface area contributed by atoms with Crippen LogP contribution in [0.2, 0.25) is 5.02 Å². The lowest BCUT2D eigenvalue weighted by molar-refractivity contribution is -0.141. The first-order chi connectivity index (χ1) is 10.9. The van der Waals surface area contributed by atoms with E-state index in [9.17, 15) is 9.59 Å². The van der Waals surface area contributed by atoms with Crippen LogP contribution >= 0.6 is 11.6 Å². The van der Waals surface area contributed by atoms with Crippen LogP contribution in [0.3, 0.4) is 0 Å². The van der Waals surface area contributed by atoms with Gasteiger partial charge < -0.3 is 10.2 Å². The van der Waals surface area contributed by atoms with Crippen molar-refractivity contribution in [1.29, 1.82) is 0 Å². The highest BCUT2D eigenvalue weighted by atomic mass is 35.5. The fraction of sp³-hybridized carbons (Fsp3) is 0.556. The number of carbonyl (C=O) groups excluding carboxylic acids is 2. The number of amides is 2. The van der Waals surface area contributed by atoms with E-state index in [0.29, 0.717) is 24.4 Å². The highest BCUT2D eigenvalue weighted by molar-refractivity contribution is 6.31. The molecule has 4 nitrogen and oxygen atoms in total. The molecule has 1 N–H and O–H groups in total. The van der Waals surface area contributed by atoms with E-state index in [-0.39, 0.29) is 17.9 Å². The predicted octanol–water partition coefficient (Wildman–Crippen LogP) is 3.77. The van der Waals surface area contributed by atoms with E-state index < -0.39 is 6.04 Å². The summed E-state index contributed by atoms with van der Waals surface area (Å²) in [4.78, 5) is 26.6. The van der Waals surface area contributed by atoms with Gasteiger partial charge >= 0.3 is 0 Å². The standard InChI is InChI=1S/C18H27ClN2O2/c1-5-13(4)20-18(23)16(6-2)21(17(22)7-3)12-14-10-8-9-11-15(14)19/h8-11,13,16H,5-7,12H2,1-4H3,(H,20,23)/t13-,16-/m1/s1. The molecule has 0 fully saturated rings. The highest BCUT2D eigenvalue weighted by Crippen LogP contribution is 2.20. The van der Waals surface area contributed by atoms with Gasteiger partial charge in [-0.3, -0.25) is 9.59 Å². The van der Waals surface area contributed by atoms with Crippen molar-refractivity contribution in [2.24, 2.45) is 0 Å². The molecular formula is C18H27ClN2O2. The average molecular weight is 339 g/mol. The monoisotopic (exact) mass is 338 g/mol. The largest absolute Gasteiger partial charge is 0.352 e. The summed E-state index contributed by atoms with van der Waals surface area (Å²) in [7, 11) is 0. The fourth-order valence-electron chi connectivity index (χ4n) is 2.37. The van der Waals surface area contributed by atoms with Crippen molar-refractivity contribution < 1.29 is 9.59 Å². The van der Waals surface area contributed by atoms with Crippen molar-refractivity contribution in [2.45, 2.75) is 65.6 Å². The molecule has 0 unspecified atom stereocenters. The van der Waals surface area contributed by atoms with Crippen LogP contribution < -0.4 is 5.32 Å². The molecule has 0 radical (unpaired) electrons. The Morgan fingerprint density at radius 2 is 1.83 bits per heavy atom. The molecule has 23 heavy (non-hydrogen) atoms. The molecule has 0 spiro atoms. The molecule has 0 heterocycles. The summed E-state index contributed by atoms with van der Waals surface area (Å²) in [6.07, 6.45) is 1.78. The van der Waals surface area contributed by atoms with Crippen LogP contribution in [0.1, 0.15) is 52.5 Å². The molecule has 0 bridgehead atoms. The molecule has 1 rings (SSSR count). The average Bonchev–Trinajstić information content (AvgIpc) is 2.55. The number of hydrogen-bond donors (Lipinski definition) is 1. The van der Waals surface area contributed by atoms with Gasteiger partial charge in [0.2, 0.25) is 11.8 Å². The summed E-state index contributed by atoms with van der Waals surface area (Å²) in [5.74, 6) is -0.147. The minimum atomic E-state index is -0.479. The lowest BCUT2D eigenvalue weighted by Gasteiger charge is -2.31. The van der Waals surface area contributed by atoms with Gasteiger partial charge in [-0.15, -0.1) is 0 Å². The molecular weight excluding hydrogens is 312 g/mol. The first-order valence-electron chi connectivity index (χ1n) is 8.27. The van der Waals surface area contributed by atoms with Crippen molar-refractivity contribution >= 4 is 23.4 Å². The topological polar surface area (TPSA) is 49.4 Å². The van der Waals surface area contributed by atoms with Gasteiger partial charge in [-0.1, -0.05) is 50.6 Å². The van der Waals surface area contributed by atoms with Crippen molar-refractivity contribution in [3.8, 4) is 0 Å². The minimum Gasteiger partial charge on any atom is -0.352 e. The summed E-state index contributed by atoms with van der Waals surface area (Å²) >= 11 is 6.21. The molecule has 0 aromatic heterocycles. The number of carbonyl (C=O) groups is 2. The number of halogens is 1. The van der Waals surface area contributed by atoms with Gasteiger partial charge in [0.05, 0.1) is 0 Å². The zero-order valence-corrected chi connectivity index (χ0v) is 15.2. The van der Waals surface area contributed by atoms with Crippen LogP contribution in [0.15, 0.2) is 24.3 Å². The Hall–Kier alpha value is -1.55. The van der Waals surface area contributed by atoms with Gasteiger partial charge in [0.15, 0.2) is 0 Å². The third kappa shape index (κ3) is 5.54. The van der Waals surface area contributed by atoms with E-state index in [4.69, 9.17) is 11.6 Å². The molecule has 1 aromatic carbocycles. The predicted molar refractivity (Wildman–Crippen MR) is 94.3 cm³/mol. The van der Waals surface area contributed by atoms with Crippen LogP contribution in [0, 0.1) is 0 Å². The zero-order valence-electron chi connectivity index (χ0n) is 14.4. The molecule has 0 aliphatic heterocycles. The van der Waals surface area contributed by atoms with E-state index in [1.807, 2.05) is 39.0 Å². The van der Waals surface area contributed by atoms with Crippen molar-refractivity contribution in [2.75, 3.05) is 0 Å². The normalized spacial score (nSPS) is 13.3. The second kappa shape index (κ2) is 9.56.